The first kappa shape index (κ1) is 13.5. The van der Waals surface area contributed by atoms with Crippen molar-refractivity contribution in [1.29, 1.82) is 0 Å². The van der Waals surface area contributed by atoms with Crippen molar-refractivity contribution in [2.45, 2.75) is 20.1 Å². The fraction of sp³-hybridized carbons (Fsp3) is 0.267. The van der Waals surface area contributed by atoms with Crippen LogP contribution in [0.2, 0.25) is 0 Å². The highest BCUT2D eigenvalue weighted by atomic mass is 19.1. The Morgan fingerprint density at radius 2 is 2.11 bits per heavy atom. The van der Waals surface area contributed by atoms with Gasteiger partial charge in [0, 0.05) is 24.0 Å². The summed E-state index contributed by atoms with van der Waals surface area (Å²) in [4.78, 5) is 6.35. The molecule has 0 atom stereocenters. The SMILES string of the molecule is CCN(Cc1ccccn1)c1ccc(F)cc1CO. The molecule has 4 heteroatoms. The Morgan fingerprint density at radius 1 is 1.26 bits per heavy atom. The summed E-state index contributed by atoms with van der Waals surface area (Å²) in [7, 11) is 0. The second-order valence-electron chi connectivity index (χ2n) is 4.27. The number of aliphatic hydroxyl groups excluding tert-OH is 1. The van der Waals surface area contributed by atoms with Gasteiger partial charge in [0.1, 0.15) is 5.82 Å². The average molecular weight is 260 g/mol. The third-order valence-corrected chi connectivity index (χ3v) is 3.01. The van der Waals surface area contributed by atoms with Crippen molar-refractivity contribution in [2.75, 3.05) is 11.4 Å². The smallest absolute Gasteiger partial charge is 0.123 e. The van der Waals surface area contributed by atoms with Gasteiger partial charge in [-0.15, -0.1) is 0 Å². The van der Waals surface area contributed by atoms with Crippen molar-refractivity contribution in [2.24, 2.45) is 0 Å². The van der Waals surface area contributed by atoms with Gasteiger partial charge in [-0.3, -0.25) is 4.98 Å². The van der Waals surface area contributed by atoms with Crippen molar-refractivity contribution in [3.63, 3.8) is 0 Å². The minimum atomic E-state index is -0.332. The molecule has 0 aliphatic rings. The van der Waals surface area contributed by atoms with Crippen molar-refractivity contribution in [3.05, 3.63) is 59.7 Å². The molecule has 1 aromatic heterocycles. The van der Waals surface area contributed by atoms with Crippen LogP contribution in [0, 0.1) is 5.82 Å². The zero-order chi connectivity index (χ0) is 13.7. The van der Waals surface area contributed by atoms with E-state index in [0.717, 1.165) is 17.9 Å². The highest BCUT2D eigenvalue weighted by molar-refractivity contribution is 5.53. The molecule has 0 saturated heterocycles. The van der Waals surface area contributed by atoms with E-state index in [1.165, 1.54) is 12.1 Å². The summed E-state index contributed by atoms with van der Waals surface area (Å²) >= 11 is 0. The normalized spacial score (nSPS) is 10.5. The van der Waals surface area contributed by atoms with Gasteiger partial charge in [-0.1, -0.05) is 6.07 Å². The molecule has 100 valence electrons. The van der Waals surface area contributed by atoms with Crippen molar-refractivity contribution < 1.29 is 9.50 Å². The van der Waals surface area contributed by atoms with Crippen LogP contribution < -0.4 is 4.90 Å². The summed E-state index contributed by atoms with van der Waals surface area (Å²) in [6.45, 7) is 3.24. The first-order valence-electron chi connectivity index (χ1n) is 6.28. The number of anilines is 1. The van der Waals surface area contributed by atoms with Crippen LogP contribution in [-0.4, -0.2) is 16.6 Å². The second kappa shape index (κ2) is 6.29. The quantitative estimate of drug-likeness (QED) is 0.898. The van der Waals surface area contributed by atoms with Crippen molar-refractivity contribution in [1.82, 2.24) is 4.98 Å². The maximum absolute atomic E-state index is 13.2. The summed E-state index contributed by atoms with van der Waals surface area (Å²) in [5, 5.41) is 9.34. The summed E-state index contributed by atoms with van der Waals surface area (Å²) in [5.74, 6) is -0.332. The number of halogens is 1. The highest BCUT2D eigenvalue weighted by Gasteiger charge is 2.11. The minimum absolute atomic E-state index is 0.175. The largest absolute Gasteiger partial charge is 0.392 e. The molecule has 0 radical (unpaired) electrons. The number of pyridine rings is 1. The number of rotatable bonds is 5. The predicted octanol–water partition coefficient (Wildman–Crippen LogP) is 2.74. The van der Waals surface area contributed by atoms with Crippen LogP contribution in [0.1, 0.15) is 18.2 Å². The van der Waals surface area contributed by atoms with Gasteiger partial charge in [-0.25, -0.2) is 4.39 Å². The van der Waals surface area contributed by atoms with Crippen LogP contribution in [0.5, 0.6) is 0 Å². The van der Waals surface area contributed by atoms with E-state index in [2.05, 4.69) is 9.88 Å². The van der Waals surface area contributed by atoms with Crippen LogP contribution >= 0.6 is 0 Å². The van der Waals surface area contributed by atoms with E-state index in [0.29, 0.717) is 12.1 Å². The molecule has 2 aromatic rings. The lowest BCUT2D eigenvalue weighted by Crippen LogP contribution is -2.24. The first-order valence-corrected chi connectivity index (χ1v) is 6.28. The lowest BCUT2D eigenvalue weighted by atomic mass is 10.1. The van der Waals surface area contributed by atoms with Gasteiger partial charge in [0.05, 0.1) is 18.8 Å². The molecule has 1 heterocycles. The number of hydrogen-bond donors (Lipinski definition) is 1. The van der Waals surface area contributed by atoms with Gasteiger partial charge >= 0.3 is 0 Å². The van der Waals surface area contributed by atoms with Gasteiger partial charge in [-0.2, -0.15) is 0 Å². The van der Waals surface area contributed by atoms with E-state index >= 15 is 0 Å². The Labute approximate surface area is 112 Å². The topological polar surface area (TPSA) is 36.4 Å². The molecule has 2 rings (SSSR count). The zero-order valence-electron chi connectivity index (χ0n) is 10.9. The molecular weight excluding hydrogens is 243 g/mol. The molecule has 3 nitrogen and oxygen atoms in total. The van der Waals surface area contributed by atoms with Gasteiger partial charge in [0.2, 0.25) is 0 Å². The van der Waals surface area contributed by atoms with E-state index in [1.54, 1.807) is 12.3 Å². The van der Waals surface area contributed by atoms with Gasteiger partial charge in [0.25, 0.3) is 0 Å². The fourth-order valence-corrected chi connectivity index (χ4v) is 2.04. The highest BCUT2D eigenvalue weighted by Crippen LogP contribution is 2.23. The van der Waals surface area contributed by atoms with Gasteiger partial charge in [0.15, 0.2) is 0 Å². The van der Waals surface area contributed by atoms with E-state index in [9.17, 15) is 9.50 Å². The summed E-state index contributed by atoms with van der Waals surface area (Å²) in [6.07, 6.45) is 1.75. The average Bonchev–Trinajstić information content (AvgIpc) is 2.46. The second-order valence-corrected chi connectivity index (χ2v) is 4.27. The van der Waals surface area contributed by atoms with Crippen LogP contribution in [0.4, 0.5) is 10.1 Å². The zero-order valence-corrected chi connectivity index (χ0v) is 10.9. The van der Waals surface area contributed by atoms with E-state index < -0.39 is 0 Å². The third kappa shape index (κ3) is 3.29. The molecule has 1 aromatic carbocycles. The molecule has 0 fully saturated rings. The molecule has 0 aliphatic carbocycles. The molecule has 0 saturated carbocycles. The Hall–Kier alpha value is -1.94. The lowest BCUT2D eigenvalue weighted by Gasteiger charge is -2.25. The number of aromatic nitrogens is 1. The minimum Gasteiger partial charge on any atom is -0.392 e. The summed E-state index contributed by atoms with van der Waals surface area (Å²) in [6, 6.07) is 10.2. The first-order chi connectivity index (χ1) is 9.24. The van der Waals surface area contributed by atoms with Crippen LogP contribution in [0.3, 0.4) is 0 Å². The standard InChI is InChI=1S/C15H17FN2O/c1-2-18(10-14-5-3-4-8-17-14)15-7-6-13(16)9-12(15)11-19/h3-9,19H,2,10-11H2,1H3. The maximum atomic E-state index is 13.2. The predicted molar refractivity (Wildman–Crippen MR) is 73.3 cm³/mol. The molecule has 1 N–H and O–H groups in total. The summed E-state index contributed by atoms with van der Waals surface area (Å²) < 4.78 is 13.2. The maximum Gasteiger partial charge on any atom is 0.123 e. The number of hydrogen-bond acceptors (Lipinski definition) is 3. The fourth-order valence-electron chi connectivity index (χ4n) is 2.04. The van der Waals surface area contributed by atoms with Crippen molar-refractivity contribution >= 4 is 5.69 Å². The molecular formula is C15H17FN2O. The van der Waals surface area contributed by atoms with E-state index in [4.69, 9.17) is 0 Å². The van der Waals surface area contributed by atoms with E-state index in [-0.39, 0.29) is 12.4 Å². The van der Waals surface area contributed by atoms with Crippen molar-refractivity contribution in [3.8, 4) is 0 Å². The monoisotopic (exact) mass is 260 g/mol. The molecule has 0 spiro atoms. The molecule has 0 bridgehead atoms. The van der Waals surface area contributed by atoms with Crippen LogP contribution in [0.25, 0.3) is 0 Å². The molecule has 0 aliphatic heterocycles. The van der Waals surface area contributed by atoms with Gasteiger partial charge < -0.3 is 10.0 Å². The van der Waals surface area contributed by atoms with E-state index in [1.807, 2.05) is 25.1 Å². The molecule has 19 heavy (non-hydrogen) atoms. The van der Waals surface area contributed by atoms with Crippen LogP contribution in [0.15, 0.2) is 42.6 Å². The molecule has 0 amide bonds. The lowest BCUT2D eigenvalue weighted by molar-refractivity contribution is 0.281. The van der Waals surface area contributed by atoms with Gasteiger partial charge in [-0.05, 0) is 37.3 Å². The summed E-state index contributed by atoms with van der Waals surface area (Å²) in [5.41, 5.74) is 2.38. The molecule has 0 unspecified atom stereocenters. The van der Waals surface area contributed by atoms with Crippen LogP contribution in [-0.2, 0) is 13.2 Å². The Balaban J connectivity index is 2.27. The number of benzene rings is 1. The number of nitrogens with zero attached hydrogens (tertiary/aromatic N) is 2. The third-order valence-electron chi connectivity index (χ3n) is 3.01. The Kier molecular flexibility index (Phi) is 4.47. The Morgan fingerprint density at radius 3 is 2.74 bits per heavy atom. The Bertz CT molecular complexity index is 531. The number of aliphatic hydroxyl groups is 1.